The van der Waals surface area contributed by atoms with Crippen LogP contribution in [0.5, 0.6) is 0 Å². The van der Waals surface area contributed by atoms with Crippen LogP contribution in [-0.4, -0.2) is 25.8 Å². The van der Waals surface area contributed by atoms with E-state index < -0.39 is 0 Å². The lowest BCUT2D eigenvalue weighted by atomic mass is 10.5. The maximum absolute atomic E-state index is 5.19. The molecule has 0 saturated heterocycles. The van der Waals surface area contributed by atoms with E-state index in [1.54, 1.807) is 24.8 Å². The second kappa shape index (κ2) is 4.84. The standard InChI is InChI=1S/C9H10N8/c1-6(7-11-2-3-12-7)16-17-9(15-10)8-13-4-5-14-8/h2-5H,1,10H2,(H,11,12)(H,13,14)/b15-9-,17-16-. The Balaban J connectivity index is 2.13. The Hall–Kier alpha value is -2.77. The van der Waals surface area contributed by atoms with Gasteiger partial charge in [0.05, 0.1) is 0 Å². The summed E-state index contributed by atoms with van der Waals surface area (Å²) in [6.45, 7) is 3.70. The third kappa shape index (κ3) is 2.43. The fourth-order valence-electron chi connectivity index (χ4n) is 1.10. The second-order valence-electron chi connectivity index (χ2n) is 2.97. The highest BCUT2D eigenvalue weighted by Gasteiger charge is 2.05. The van der Waals surface area contributed by atoms with Crippen molar-refractivity contribution >= 4 is 11.5 Å². The maximum atomic E-state index is 5.19. The summed E-state index contributed by atoms with van der Waals surface area (Å²) in [5, 5.41) is 11.2. The predicted molar refractivity (Wildman–Crippen MR) is 61.8 cm³/mol. The van der Waals surface area contributed by atoms with Crippen molar-refractivity contribution in [1.82, 2.24) is 19.9 Å². The average molecular weight is 230 g/mol. The number of rotatable bonds is 3. The lowest BCUT2D eigenvalue weighted by Crippen LogP contribution is -2.02. The van der Waals surface area contributed by atoms with Gasteiger partial charge in [-0.3, -0.25) is 0 Å². The Morgan fingerprint density at radius 1 is 1.12 bits per heavy atom. The minimum Gasteiger partial charge on any atom is -0.343 e. The van der Waals surface area contributed by atoms with Crippen LogP contribution in [0.3, 0.4) is 0 Å². The number of hydrazone groups is 1. The van der Waals surface area contributed by atoms with Gasteiger partial charge in [0.25, 0.3) is 0 Å². The van der Waals surface area contributed by atoms with Crippen LogP contribution in [0, 0.1) is 0 Å². The average Bonchev–Trinajstić information content (AvgIpc) is 3.02. The molecule has 0 bridgehead atoms. The van der Waals surface area contributed by atoms with Gasteiger partial charge in [-0.15, -0.1) is 10.2 Å². The Morgan fingerprint density at radius 3 is 2.29 bits per heavy atom. The number of nitrogens with two attached hydrogens (primary N) is 1. The molecule has 86 valence electrons. The Bertz CT molecular complexity index is 534. The molecule has 0 spiro atoms. The van der Waals surface area contributed by atoms with Gasteiger partial charge in [-0.1, -0.05) is 6.58 Å². The zero-order valence-electron chi connectivity index (χ0n) is 8.83. The van der Waals surface area contributed by atoms with Crippen LogP contribution in [0.1, 0.15) is 11.6 Å². The largest absolute Gasteiger partial charge is 0.343 e. The normalized spacial score (nSPS) is 12.1. The first-order valence-corrected chi connectivity index (χ1v) is 4.69. The van der Waals surface area contributed by atoms with Gasteiger partial charge < -0.3 is 15.8 Å². The third-order valence-electron chi connectivity index (χ3n) is 1.87. The number of H-pyrrole nitrogens is 2. The highest BCUT2D eigenvalue weighted by Crippen LogP contribution is 2.08. The van der Waals surface area contributed by atoms with Crippen molar-refractivity contribution in [2.75, 3.05) is 0 Å². The van der Waals surface area contributed by atoms with Crippen molar-refractivity contribution in [2.45, 2.75) is 0 Å². The van der Waals surface area contributed by atoms with Gasteiger partial charge in [-0.25, -0.2) is 9.97 Å². The molecule has 2 rings (SSSR count). The van der Waals surface area contributed by atoms with E-state index in [1.807, 2.05) is 0 Å². The van der Waals surface area contributed by atoms with E-state index in [2.05, 4.69) is 41.8 Å². The van der Waals surface area contributed by atoms with Gasteiger partial charge in [-0.2, -0.15) is 5.10 Å². The number of azo groups is 1. The van der Waals surface area contributed by atoms with Gasteiger partial charge in [0.15, 0.2) is 11.6 Å². The molecule has 2 aromatic rings. The van der Waals surface area contributed by atoms with Crippen LogP contribution in [0.25, 0.3) is 5.70 Å². The molecule has 4 N–H and O–H groups in total. The van der Waals surface area contributed by atoms with Gasteiger partial charge in [0.1, 0.15) is 5.70 Å². The molecule has 0 aliphatic carbocycles. The summed E-state index contributed by atoms with van der Waals surface area (Å²) in [5.41, 5.74) is 0.378. The topological polar surface area (TPSA) is 120 Å². The SMILES string of the molecule is C=C(/N=N\C(=N/N)c1ncc[nH]1)c1ncc[nH]1. The number of hydrogen-bond donors (Lipinski definition) is 3. The Kier molecular flexibility index (Phi) is 3.05. The Morgan fingerprint density at radius 2 is 1.76 bits per heavy atom. The van der Waals surface area contributed by atoms with Crippen LogP contribution < -0.4 is 5.84 Å². The summed E-state index contributed by atoms with van der Waals surface area (Å²) in [6, 6.07) is 0. The molecule has 2 aromatic heterocycles. The van der Waals surface area contributed by atoms with Crippen LogP contribution in [0.15, 0.2) is 46.7 Å². The van der Waals surface area contributed by atoms with E-state index in [0.29, 0.717) is 17.3 Å². The second-order valence-corrected chi connectivity index (χ2v) is 2.97. The number of hydrogen-bond acceptors (Lipinski definition) is 5. The molecule has 0 atom stereocenters. The highest BCUT2D eigenvalue weighted by atomic mass is 15.3. The number of aromatic nitrogens is 4. The summed E-state index contributed by atoms with van der Waals surface area (Å²) in [4.78, 5) is 13.6. The zero-order valence-corrected chi connectivity index (χ0v) is 8.83. The van der Waals surface area contributed by atoms with Gasteiger partial charge in [0, 0.05) is 24.8 Å². The number of nitrogens with one attached hydrogen (secondary N) is 2. The van der Waals surface area contributed by atoms with Crippen LogP contribution >= 0.6 is 0 Å². The van der Waals surface area contributed by atoms with Gasteiger partial charge >= 0.3 is 0 Å². The van der Waals surface area contributed by atoms with E-state index in [9.17, 15) is 0 Å². The fourth-order valence-corrected chi connectivity index (χ4v) is 1.10. The minimum atomic E-state index is 0.183. The fraction of sp³-hybridized carbons (Fsp3) is 0. The summed E-state index contributed by atoms with van der Waals surface area (Å²) in [7, 11) is 0. The molecule has 2 heterocycles. The first kappa shape index (κ1) is 10.7. The minimum absolute atomic E-state index is 0.183. The molecule has 0 aliphatic rings. The predicted octanol–water partition coefficient (Wildman–Crippen LogP) is 0.876. The summed E-state index contributed by atoms with van der Waals surface area (Å²) in [5.74, 6) is 6.34. The van der Waals surface area contributed by atoms with Crippen LogP contribution in [-0.2, 0) is 0 Å². The van der Waals surface area contributed by atoms with Crippen molar-refractivity contribution < 1.29 is 0 Å². The maximum Gasteiger partial charge on any atom is 0.235 e. The molecule has 8 nitrogen and oxygen atoms in total. The first-order chi connectivity index (χ1) is 8.31. The van der Waals surface area contributed by atoms with E-state index >= 15 is 0 Å². The van der Waals surface area contributed by atoms with Gasteiger partial charge in [0.2, 0.25) is 5.84 Å². The quantitative estimate of drug-likeness (QED) is 0.238. The van der Waals surface area contributed by atoms with Crippen molar-refractivity contribution in [1.29, 1.82) is 0 Å². The molecule has 0 saturated carbocycles. The number of amidine groups is 1. The van der Waals surface area contributed by atoms with Crippen molar-refractivity contribution in [3.63, 3.8) is 0 Å². The monoisotopic (exact) mass is 230 g/mol. The molecule has 0 unspecified atom stereocenters. The smallest absolute Gasteiger partial charge is 0.235 e. The molecule has 0 radical (unpaired) electrons. The lowest BCUT2D eigenvalue weighted by molar-refractivity contribution is 1.12. The molecular formula is C9H10N8. The first-order valence-electron chi connectivity index (χ1n) is 4.69. The number of aromatic amines is 2. The van der Waals surface area contributed by atoms with Crippen molar-refractivity contribution in [3.8, 4) is 0 Å². The number of nitrogens with zero attached hydrogens (tertiary/aromatic N) is 5. The highest BCUT2D eigenvalue weighted by molar-refractivity contribution is 5.95. The molecule has 17 heavy (non-hydrogen) atoms. The van der Waals surface area contributed by atoms with E-state index in [0.717, 1.165) is 0 Å². The number of imidazole rings is 2. The Labute approximate surface area is 96.4 Å². The van der Waals surface area contributed by atoms with Crippen LogP contribution in [0.4, 0.5) is 0 Å². The molecule has 0 amide bonds. The van der Waals surface area contributed by atoms with E-state index in [4.69, 9.17) is 5.84 Å². The summed E-state index contributed by atoms with van der Waals surface area (Å²) >= 11 is 0. The molecule has 8 heteroatoms. The van der Waals surface area contributed by atoms with Gasteiger partial charge in [-0.05, 0) is 0 Å². The van der Waals surface area contributed by atoms with E-state index in [1.165, 1.54) is 0 Å². The summed E-state index contributed by atoms with van der Waals surface area (Å²) < 4.78 is 0. The lowest BCUT2D eigenvalue weighted by Gasteiger charge is -1.94. The van der Waals surface area contributed by atoms with Crippen molar-refractivity contribution in [3.05, 3.63) is 43.0 Å². The van der Waals surface area contributed by atoms with E-state index in [-0.39, 0.29) is 5.84 Å². The molecular weight excluding hydrogens is 220 g/mol. The summed E-state index contributed by atoms with van der Waals surface area (Å²) in [6.07, 6.45) is 6.47. The van der Waals surface area contributed by atoms with Crippen molar-refractivity contribution in [2.24, 2.45) is 21.2 Å². The zero-order chi connectivity index (χ0) is 12.1. The van der Waals surface area contributed by atoms with Crippen LogP contribution in [0.2, 0.25) is 0 Å². The third-order valence-corrected chi connectivity index (χ3v) is 1.87. The molecule has 0 aliphatic heterocycles. The molecule has 0 aromatic carbocycles. The molecule has 0 fully saturated rings.